The molecule has 37 heavy (non-hydrogen) atoms. The SMILES string of the molecule is O=C(c1ccc(Br)cc1)[C@@H]1[C@@H]2C(=O)N(c3ccc([N+](=O)[O-])cc3)C(=O)[C@H]2[C@H]2C=Cc3ccc(Cl)cc3N21. The van der Waals surface area contributed by atoms with Crippen molar-refractivity contribution in [2.45, 2.75) is 12.1 Å². The van der Waals surface area contributed by atoms with Crippen molar-refractivity contribution in [1.82, 2.24) is 0 Å². The number of imide groups is 1. The van der Waals surface area contributed by atoms with E-state index in [-0.39, 0.29) is 17.2 Å². The maximum absolute atomic E-state index is 14.0. The molecule has 6 rings (SSSR count). The van der Waals surface area contributed by atoms with Crippen molar-refractivity contribution in [1.29, 1.82) is 0 Å². The Bertz CT molecular complexity index is 1520. The molecule has 0 saturated carbocycles. The van der Waals surface area contributed by atoms with E-state index in [9.17, 15) is 24.5 Å². The number of hydrogen-bond donors (Lipinski definition) is 0. The molecule has 2 amide bonds. The predicted octanol–water partition coefficient (Wildman–Crippen LogP) is 5.28. The summed E-state index contributed by atoms with van der Waals surface area (Å²) in [4.78, 5) is 55.1. The van der Waals surface area contributed by atoms with Gasteiger partial charge in [-0.25, -0.2) is 4.90 Å². The molecule has 0 spiro atoms. The zero-order valence-electron chi connectivity index (χ0n) is 19.0. The molecule has 3 aliphatic heterocycles. The summed E-state index contributed by atoms with van der Waals surface area (Å²) < 4.78 is 0.806. The molecule has 10 heteroatoms. The smallest absolute Gasteiger partial charge is 0.269 e. The largest absolute Gasteiger partial charge is 0.352 e. The summed E-state index contributed by atoms with van der Waals surface area (Å²) in [7, 11) is 0. The van der Waals surface area contributed by atoms with Gasteiger partial charge in [-0.2, -0.15) is 0 Å². The van der Waals surface area contributed by atoms with Crippen LogP contribution in [0.5, 0.6) is 0 Å². The van der Waals surface area contributed by atoms with E-state index in [4.69, 9.17) is 11.6 Å². The van der Waals surface area contributed by atoms with Crippen LogP contribution in [0, 0.1) is 22.0 Å². The Morgan fingerprint density at radius 3 is 2.30 bits per heavy atom. The lowest BCUT2D eigenvalue weighted by Crippen LogP contribution is -2.48. The number of rotatable bonds is 4. The highest BCUT2D eigenvalue weighted by atomic mass is 79.9. The summed E-state index contributed by atoms with van der Waals surface area (Å²) in [6, 6.07) is 16.0. The second-order valence-corrected chi connectivity index (χ2v) is 10.5. The van der Waals surface area contributed by atoms with Gasteiger partial charge in [-0.1, -0.05) is 57.9 Å². The third kappa shape index (κ3) is 3.60. The molecule has 3 aliphatic rings. The van der Waals surface area contributed by atoms with E-state index in [1.54, 1.807) is 36.4 Å². The topological polar surface area (TPSA) is 101 Å². The average Bonchev–Trinajstić information content (AvgIpc) is 3.36. The molecule has 184 valence electrons. The third-order valence-electron chi connectivity index (χ3n) is 7.19. The summed E-state index contributed by atoms with van der Waals surface area (Å²) in [5, 5.41) is 11.5. The number of nitro benzene ring substituents is 1. The van der Waals surface area contributed by atoms with Gasteiger partial charge in [0.15, 0.2) is 5.78 Å². The van der Waals surface area contributed by atoms with Gasteiger partial charge < -0.3 is 4.90 Å². The summed E-state index contributed by atoms with van der Waals surface area (Å²) in [6.07, 6.45) is 3.73. The Balaban J connectivity index is 1.47. The fourth-order valence-corrected chi connectivity index (χ4v) is 6.02. The number of Topliss-reactive ketones (excluding diaryl/α,β-unsaturated/α-hetero) is 1. The highest BCUT2D eigenvalue weighted by molar-refractivity contribution is 9.10. The Morgan fingerprint density at radius 1 is 0.946 bits per heavy atom. The molecular formula is C27H17BrClN3O5. The first-order valence-electron chi connectivity index (χ1n) is 11.4. The highest BCUT2D eigenvalue weighted by Gasteiger charge is 2.64. The molecule has 3 heterocycles. The molecule has 2 fully saturated rings. The maximum atomic E-state index is 14.0. The van der Waals surface area contributed by atoms with Crippen molar-refractivity contribution in [2.75, 3.05) is 9.80 Å². The van der Waals surface area contributed by atoms with E-state index in [2.05, 4.69) is 15.9 Å². The third-order valence-corrected chi connectivity index (χ3v) is 7.95. The number of carbonyl (C=O) groups excluding carboxylic acids is 3. The van der Waals surface area contributed by atoms with Crippen molar-refractivity contribution in [2.24, 2.45) is 11.8 Å². The molecule has 3 aromatic carbocycles. The van der Waals surface area contributed by atoms with Crippen molar-refractivity contribution < 1.29 is 19.3 Å². The molecule has 0 aromatic heterocycles. The van der Waals surface area contributed by atoms with Gasteiger partial charge in [-0.05, 0) is 42.0 Å². The van der Waals surface area contributed by atoms with Crippen LogP contribution in [0.1, 0.15) is 15.9 Å². The van der Waals surface area contributed by atoms with Gasteiger partial charge in [0.2, 0.25) is 11.8 Å². The molecule has 0 aliphatic carbocycles. The van der Waals surface area contributed by atoms with Crippen molar-refractivity contribution in [3.8, 4) is 0 Å². The van der Waals surface area contributed by atoms with E-state index in [1.165, 1.54) is 24.3 Å². The molecule has 3 aromatic rings. The lowest BCUT2D eigenvalue weighted by molar-refractivity contribution is -0.384. The van der Waals surface area contributed by atoms with Crippen LogP contribution in [0.3, 0.4) is 0 Å². The number of carbonyl (C=O) groups is 3. The Morgan fingerprint density at radius 2 is 1.62 bits per heavy atom. The highest BCUT2D eigenvalue weighted by Crippen LogP contribution is 2.50. The number of fused-ring (bicyclic) bond motifs is 5. The Hall–Kier alpha value is -3.82. The van der Waals surface area contributed by atoms with Crippen molar-refractivity contribution in [3.05, 3.63) is 104 Å². The number of non-ortho nitro benzene ring substituents is 1. The van der Waals surface area contributed by atoms with Gasteiger partial charge in [-0.3, -0.25) is 24.5 Å². The van der Waals surface area contributed by atoms with E-state index >= 15 is 0 Å². The normalized spacial score (nSPS) is 23.6. The van der Waals surface area contributed by atoms with Crippen LogP contribution in [0.4, 0.5) is 17.1 Å². The van der Waals surface area contributed by atoms with Crippen LogP contribution in [0.2, 0.25) is 5.02 Å². The summed E-state index contributed by atoms with van der Waals surface area (Å²) in [5.41, 5.74) is 2.02. The second kappa shape index (κ2) is 8.64. The monoisotopic (exact) mass is 577 g/mol. The lowest BCUT2D eigenvalue weighted by Gasteiger charge is -2.36. The zero-order valence-corrected chi connectivity index (χ0v) is 21.3. The molecule has 0 N–H and O–H groups in total. The summed E-state index contributed by atoms with van der Waals surface area (Å²) in [6.45, 7) is 0. The van der Waals surface area contributed by atoms with E-state index in [0.29, 0.717) is 16.3 Å². The number of anilines is 2. The second-order valence-electron chi connectivity index (χ2n) is 9.11. The number of nitrogens with zero attached hydrogens (tertiary/aromatic N) is 3. The molecule has 0 unspecified atom stereocenters. The lowest BCUT2D eigenvalue weighted by atomic mass is 9.86. The molecule has 0 radical (unpaired) electrons. The minimum Gasteiger partial charge on any atom is -0.352 e. The first-order valence-corrected chi connectivity index (χ1v) is 12.6. The van der Waals surface area contributed by atoms with Crippen LogP contribution >= 0.6 is 27.5 Å². The molecule has 2 saturated heterocycles. The minimum absolute atomic E-state index is 0.152. The summed E-state index contributed by atoms with van der Waals surface area (Å²) in [5.74, 6) is -2.99. The predicted molar refractivity (Wildman–Crippen MR) is 142 cm³/mol. The van der Waals surface area contributed by atoms with Crippen LogP contribution < -0.4 is 9.80 Å². The van der Waals surface area contributed by atoms with Gasteiger partial charge in [-0.15, -0.1) is 0 Å². The van der Waals surface area contributed by atoms with Gasteiger partial charge in [0.05, 0.1) is 28.5 Å². The van der Waals surface area contributed by atoms with E-state index in [1.807, 2.05) is 23.1 Å². The first kappa shape index (κ1) is 23.6. The van der Waals surface area contributed by atoms with Gasteiger partial charge in [0.25, 0.3) is 5.69 Å². The average molecular weight is 579 g/mol. The van der Waals surface area contributed by atoms with Crippen LogP contribution in [0.25, 0.3) is 6.08 Å². The number of halogens is 2. The minimum atomic E-state index is -0.946. The standard InChI is InChI=1S/C27H17BrClN3O5/c28-16-5-1-15(2-6-16)25(33)24-23-22(20-12-4-14-3-7-17(29)13-21(14)31(20)24)26(34)30(27(23)35)18-8-10-19(11-9-18)32(36)37/h1-13,20,22-24H/t20-,22+,23-,24+/m1/s1. The number of amides is 2. The van der Waals surface area contributed by atoms with E-state index in [0.717, 1.165) is 14.9 Å². The first-order chi connectivity index (χ1) is 17.8. The fourth-order valence-electron chi connectivity index (χ4n) is 5.59. The van der Waals surface area contributed by atoms with Crippen LogP contribution in [0.15, 0.2) is 77.3 Å². The number of nitro groups is 1. The van der Waals surface area contributed by atoms with Crippen molar-refractivity contribution in [3.63, 3.8) is 0 Å². The molecule has 8 nitrogen and oxygen atoms in total. The maximum Gasteiger partial charge on any atom is 0.269 e. The molecular weight excluding hydrogens is 562 g/mol. The van der Waals surface area contributed by atoms with Gasteiger partial charge in [0.1, 0.15) is 6.04 Å². The summed E-state index contributed by atoms with van der Waals surface area (Å²) >= 11 is 9.69. The fraction of sp³-hybridized carbons (Fsp3) is 0.148. The van der Waals surface area contributed by atoms with Gasteiger partial charge >= 0.3 is 0 Å². The van der Waals surface area contributed by atoms with Crippen LogP contribution in [-0.4, -0.2) is 34.6 Å². The quantitative estimate of drug-likeness (QED) is 0.181. The van der Waals surface area contributed by atoms with E-state index < -0.39 is 40.7 Å². The Kier molecular flexibility index (Phi) is 5.50. The number of benzene rings is 3. The van der Waals surface area contributed by atoms with Crippen molar-refractivity contribution >= 4 is 68.3 Å². The number of ketones is 1. The zero-order chi connectivity index (χ0) is 26.0. The molecule has 0 bridgehead atoms. The Labute approximate surface area is 224 Å². The van der Waals surface area contributed by atoms with Crippen LogP contribution in [-0.2, 0) is 9.59 Å². The number of hydrogen-bond acceptors (Lipinski definition) is 6. The molecule has 4 atom stereocenters. The van der Waals surface area contributed by atoms with Gasteiger partial charge in [0, 0.05) is 32.9 Å².